The van der Waals surface area contributed by atoms with E-state index in [0.29, 0.717) is 42.6 Å². The molecule has 0 atom stereocenters. The number of benzene rings is 2. The fourth-order valence-electron chi connectivity index (χ4n) is 2.71. The summed E-state index contributed by atoms with van der Waals surface area (Å²) in [4.78, 5) is 13.8. The van der Waals surface area contributed by atoms with E-state index in [0.717, 1.165) is 11.1 Å². The standard InChI is InChI=1S/C21H19ClN2O3/c22-19-3-1-2-17(13-19)18(14-23)12-16-4-6-20(7-5-16)27-15-21(25)24-8-10-26-11-9-24/h1-7,12-13H,8-11,15H2. The number of nitrogens with zero attached hydrogens (tertiary/aromatic N) is 2. The van der Waals surface area contributed by atoms with Gasteiger partial charge in [0.2, 0.25) is 0 Å². The summed E-state index contributed by atoms with van der Waals surface area (Å²) in [7, 11) is 0. The highest BCUT2D eigenvalue weighted by molar-refractivity contribution is 6.30. The Balaban J connectivity index is 1.62. The second-order valence-corrected chi connectivity index (χ2v) is 6.47. The van der Waals surface area contributed by atoms with Gasteiger partial charge >= 0.3 is 0 Å². The molecule has 0 aromatic heterocycles. The molecule has 3 rings (SSSR count). The van der Waals surface area contributed by atoms with Crippen molar-refractivity contribution in [2.24, 2.45) is 0 Å². The average molecular weight is 383 g/mol. The average Bonchev–Trinajstić information content (AvgIpc) is 2.71. The largest absolute Gasteiger partial charge is 0.484 e. The second-order valence-electron chi connectivity index (χ2n) is 6.03. The van der Waals surface area contributed by atoms with Crippen molar-refractivity contribution in [3.05, 3.63) is 64.7 Å². The number of halogens is 1. The molecule has 2 aromatic rings. The lowest BCUT2D eigenvalue weighted by Crippen LogP contribution is -2.42. The third-order valence-corrected chi connectivity index (χ3v) is 4.41. The van der Waals surface area contributed by atoms with E-state index in [1.165, 1.54) is 0 Å². The zero-order valence-corrected chi connectivity index (χ0v) is 15.5. The number of ether oxygens (including phenoxy) is 2. The maximum absolute atomic E-state index is 12.1. The first-order chi connectivity index (χ1) is 13.2. The molecule has 0 spiro atoms. The molecule has 1 aliphatic heterocycles. The van der Waals surface area contributed by atoms with Gasteiger partial charge in [0.15, 0.2) is 6.61 Å². The van der Waals surface area contributed by atoms with Crippen LogP contribution in [0.25, 0.3) is 11.6 Å². The van der Waals surface area contributed by atoms with Gasteiger partial charge in [-0.3, -0.25) is 4.79 Å². The van der Waals surface area contributed by atoms with Crippen LogP contribution in [0.5, 0.6) is 5.75 Å². The minimum absolute atomic E-state index is 0.00114. The Labute approximate surface area is 163 Å². The molecule has 1 amide bonds. The van der Waals surface area contributed by atoms with Crippen molar-refractivity contribution in [1.29, 1.82) is 5.26 Å². The van der Waals surface area contributed by atoms with E-state index in [4.69, 9.17) is 21.1 Å². The first-order valence-corrected chi connectivity index (χ1v) is 8.99. The van der Waals surface area contributed by atoms with Crippen LogP contribution in [-0.4, -0.2) is 43.7 Å². The van der Waals surface area contributed by atoms with E-state index >= 15 is 0 Å². The Hall–Kier alpha value is -2.81. The second kappa shape index (κ2) is 9.22. The SMILES string of the molecule is N#CC(=Cc1ccc(OCC(=O)N2CCOCC2)cc1)c1cccc(Cl)c1. The predicted octanol–water partition coefficient (Wildman–Crippen LogP) is 3.64. The third kappa shape index (κ3) is 5.33. The van der Waals surface area contributed by atoms with Gasteiger partial charge in [0.1, 0.15) is 5.75 Å². The van der Waals surface area contributed by atoms with Gasteiger partial charge in [-0.05, 0) is 41.5 Å². The fourth-order valence-corrected chi connectivity index (χ4v) is 2.90. The Morgan fingerprint density at radius 1 is 1.22 bits per heavy atom. The number of carbonyl (C=O) groups excluding carboxylic acids is 1. The maximum Gasteiger partial charge on any atom is 0.260 e. The molecule has 0 bridgehead atoms. The maximum atomic E-state index is 12.1. The number of amides is 1. The Bertz CT molecular complexity index is 866. The van der Waals surface area contributed by atoms with Crippen LogP contribution in [0.15, 0.2) is 48.5 Å². The summed E-state index contributed by atoms with van der Waals surface area (Å²) in [6, 6.07) is 16.6. The Kier molecular flexibility index (Phi) is 6.48. The van der Waals surface area contributed by atoms with Crippen LogP contribution in [-0.2, 0) is 9.53 Å². The van der Waals surface area contributed by atoms with Crippen LogP contribution in [0.4, 0.5) is 0 Å². The lowest BCUT2D eigenvalue weighted by atomic mass is 10.0. The van der Waals surface area contributed by atoms with E-state index in [1.54, 1.807) is 35.2 Å². The summed E-state index contributed by atoms with van der Waals surface area (Å²) in [6.07, 6.45) is 1.79. The number of morpholine rings is 1. The van der Waals surface area contributed by atoms with E-state index in [1.807, 2.05) is 24.3 Å². The van der Waals surface area contributed by atoms with E-state index < -0.39 is 0 Å². The lowest BCUT2D eigenvalue weighted by Gasteiger charge is -2.26. The molecular formula is C21H19ClN2O3. The van der Waals surface area contributed by atoms with Crippen molar-refractivity contribution >= 4 is 29.2 Å². The molecule has 0 N–H and O–H groups in total. The molecule has 1 heterocycles. The highest BCUT2D eigenvalue weighted by Crippen LogP contribution is 2.22. The molecule has 0 aliphatic carbocycles. The summed E-state index contributed by atoms with van der Waals surface area (Å²) >= 11 is 5.99. The Morgan fingerprint density at radius 3 is 2.63 bits per heavy atom. The molecule has 1 saturated heterocycles. The molecule has 27 heavy (non-hydrogen) atoms. The van der Waals surface area contributed by atoms with Gasteiger partial charge in [0.05, 0.1) is 24.9 Å². The van der Waals surface area contributed by atoms with E-state index in [2.05, 4.69) is 6.07 Å². The highest BCUT2D eigenvalue weighted by atomic mass is 35.5. The monoisotopic (exact) mass is 382 g/mol. The van der Waals surface area contributed by atoms with Crippen LogP contribution in [0.2, 0.25) is 5.02 Å². The van der Waals surface area contributed by atoms with Crippen molar-refractivity contribution in [2.75, 3.05) is 32.9 Å². The quantitative estimate of drug-likeness (QED) is 0.585. The molecule has 0 radical (unpaired) electrons. The normalized spacial score (nSPS) is 14.5. The van der Waals surface area contributed by atoms with Gasteiger partial charge in [-0.25, -0.2) is 0 Å². The van der Waals surface area contributed by atoms with Gasteiger partial charge in [0.25, 0.3) is 5.91 Å². The lowest BCUT2D eigenvalue weighted by molar-refractivity contribution is -0.137. The zero-order chi connectivity index (χ0) is 19.1. The molecule has 0 saturated carbocycles. The van der Waals surface area contributed by atoms with Crippen LogP contribution in [0.1, 0.15) is 11.1 Å². The smallest absolute Gasteiger partial charge is 0.260 e. The number of nitriles is 1. The predicted molar refractivity (Wildman–Crippen MR) is 104 cm³/mol. The Morgan fingerprint density at radius 2 is 1.96 bits per heavy atom. The van der Waals surface area contributed by atoms with E-state index in [9.17, 15) is 10.1 Å². The van der Waals surface area contributed by atoms with Crippen molar-refractivity contribution in [2.45, 2.75) is 0 Å². The van der Waals surface area contributed by atoms with Crippen LogP contribution in [0.3, 0.4) is 0 Å². The summed E-state index contributed by atoms with van der Waals surface area (Å²) in [5.74, 6) is 0.560. The molecule has 0 unspecified atom stereocenters. The molecule has 1 fully saturated rings. The van der Waals surface area contributed by atoms with Crippen LogP contribution in [0, 0.1) is 11.3 Å². The molecular weight excluding hydrogens is 364 g/mol. The van der Waals surface area contributed by atoms with Gasteiger partial charge in [0, 0.05) is 18.1 Å². The van der Waals surface area contributed by atoms with Crippen molar-refractivity contribution < 1.29 is 14.3 Å². The molecule has 2 aromatic carbocycles. The van der Waals surface area contributed by atoms with Gasteiger partial charge < -0.3 is 14.4 Å². The van der Waals surface area contributed by atoms with Crippen molar-refractivity contribution in [3.63, 3.8) is 0 Å². The summed E-state index contributed by atoms with van der Waals surface area (Å²) in [6.45, 7) is 2.35. The summed E-state index contributed by atoms with van der Waals surface area (Å²) < 4.78 is 10.8. The fraction of sp³-hybridized carbons (Fsp3) is 0.238. The molecule has 138 valence electrons. The molecule has 1 aliphatic rings. The number of rotatable bonds is 5. The molecule has 6 heteroatoms. The van der Waals surface area contributed by atoms with Gasteiger partial charge in [-0.1, -0.05) is 35.9 Å². The van der Waals surface area contributed by atoms with E-state index in [-0.39, 0.29) is 12.5 Å². The number of hydrogen-bond acceptors (Lipinski definition) is 4. The number of carbonyl (C=O) groups is 1. The van der Waals surface area contributed by atoms with Gasteiger partial charge in [-0.2, -0.15) is 5.26 Å². The number of hydrogen-bond donors (Lipinski definition) is 0. The minimum atomic E-state index is -0.0463. The topological polar surface area (TPSA) is 62.6 Å². The van der Waals surface area contributed by atoms with Crippen molar-refractivity contribution in [3.8, 4) is 11.8 Å². The first kappa shape index (κ1) is 19.0. The summed E-state index contributed by atoms with van der Waals surface area (Å²) in [5, 5.41) is 10.0. The number of allylic oxidation sites excluding steroid dienone is 1. The summed E-state index contributed by atoms with van der Waals surface area (Å²) in [5.41, 5.74) is 2.15. The van der Waals surface area contributed by atoms with Gasteiger partial charge in [-0.15, -0.1) is 0 Å². The highest BCUT2D eigenvalue weighted by Gasteiger charge is 2.17. The zero-order valence-electron chi connectivity index (χ0n) is 14.7. The van der Waals surface area contributed by atoms with Crippen LogP contribution < -0.4 is 4.74 Å². The molecule has 5 nitrogen and oxygen atoms in total. The first-order valence-electron chi connectivity index (χ1n) is 8.62. The minimum Gasteiger partial charge on any atom is -0.484 e. The van der Waals surface area contributed by atoms with Crippen molar-refractivity contribution in [1.82, 2.24) is 4.90 Å². The third-order valence-electron chi connectivity index (χ3n) is 4.17. The van der Waals surface area contributed by atoms with Crippen LogP contribution >= 0.6 is 11.6 Å².